The summed E-state index contributed by atoms with van der Waals surface area (Å²) in [5.74, 6) is 0.895. The minimum absolute atomic E-state index is 0.167. The van der Waals surface area contributed by atoms with Crippen molar-refractivity contribution < 1.29 is 18.3 Å². The van der Waals surface area contributed by atoms with Crippen molar-refractivity contribution >= 4 is 22.0 Å². The second kappa shape index (κ2) is 26.8. The molecule has 47 heavy (non-hydrogen) atoms. The molecule has 4 nitrogen and oxygen atoms in total. The zero-order chi connectivity index (χ0) is 33.8. The first-order chi connectivity index (χ1) is 23.0. The smallest absolute Gasteiger partial charge is 0.204 e. The first kappa shape index (κ1) is 41.1. The molecule has 0 bridgehead atoms. The molecule has 1 N–H and O–H groups in total. The Kier molecular flexibility index (Phi) is 23.4. The van der Waals surface area contributed by atoms with Gasteiger partial charge < -0.3 is 9.84 Å². The summed E-state index contributed by atoms with van der Waals surface area (Å²) in [5, 5.41) is 10.2. The quantitative estimate of drug-likeness (QED) is 0.0664. The average molecular weight is 669 g/mol. The largest absolute Gasteiger partial charge is 0.494 e. The van der Waals surface area contributed by atoms with Gasteiger partial charge in [0.25, 0.3) is 0 Å². The van der Waals surface area contributed by atoms with E-state index < -0.39 is 15.3 Å². The van der Waals surface area contributed by atoms with Crippen LogP contribution in [0.1, 0.15) is 179 Å². The maximum Gasteiger partial charge on any atom is 0.204 e. The highest BCUT2D eigenvalue weighted by Gasteiger charge is 2.24. The summed E-state index contributed by atoms with van der Waals surface area (Å²) in [7, 11) is -3.72. The molecule has 5 heteroatoms. The lowest BCUT2D eigenvalue weighted by Crippen LogP contribution is -2.20. The summed E-state index contributed by atoms with van der Waals surface area (Å²) in [5.41, 5.74) is 0.619. The van der Waals surface area contributed by atoms with Crippen molar-refractivity contribution in [3.8, 4) is 5.75 Å². The Morgan fingerprint density at radius 1 is 0.532 bits per heavy atom. The van der Waals surface area contributed by atoms with E-state index >= 15 is 0 Å². The fraction of sp³-hybridized carbons (Fsp3) is 0.667. The zero-order valence-electron chi connectivity index (χ0n) is 30.1. The van der Waals surface area contributed by atoms with Gasteiger partial charge in [-0.05, 0) is 54.7 Å². The van der Waals surface area contributed by atoms with Gasteiger partial charge in [-0.15, -0.1) is 0 Å². The minimum Gasteiger partial charge on any atom is -0.494 e. The molecule has 0 radical (unpaired) electrons. The molecule has 266 valence electrons. The summed E-state index contributed by atoms with van der Waals surface area (Å²) >= 11 is 0. The van der Waals surface area contributed by atoms with E-state index in [0.717, 1.165) is 42.7 Å². The van der Waals surface area contributed by atoms with Crippen LogP contribution in [0.2, 0.25) is 0 Å². The Morgan fingerprint density at radius 3 is 1.32 bits per heavy atom. The third-order valence-electron chi connectivity index (χ3n) is 9.24. The highest BCUT2D eigenvalue weighted by molar-refractivity contribution is 7.91. The third kappa shape index (κ3) is 19.5. The molecule has 2 aromatic carbocycles. The van der Waals surface area contributed by atoms with Crippen molar-refractivity contribution in [2.24, 2.45) is 0 Å². The first-order valence-corrected chi connectivity index (χ1v) is 20.9. The standard InChI is InChI=1S/C42H68O4S/c1-3-5-7-8-9-10-11-12-13-14-15-16-17-18-19-20-21-22-23-25-37-46-40-33-29-38(30-34-40)27-28-39-31-35-41(36-32-39)47(44,45)42(43)26-24-6-4-2/h27-36,42-43H,3-26,37H2,1-2H3. The zero-order valence-corrected chi connectivity index (χ0v) is 30.9. The van der Waals surface area contributed by atoms with Crippen LogP contribution in [0.25, 0.3) is 12.2 Å². The monoisotopic (exact) mass is 668 g/mol. The predicted molar refractivity (Wildman–Crippen MR) is 203 cm³/mol. The van der Waals surface area contributed by atoms with Gasteiger partial charge in [0.15, 0.2) is 5.44 Å². The SMILES string of the molecule is CCCCCCCCCCCCCCCCCCCCCCOc1ccc(C=Cc2ccc(S(=O)(=O)C(O)CCCCC)cc2)cc1. The van der Waals surface area contributed by atoms with Gasteiger partial charge in [0.2, 0.25) is 9.84 Å². The topological polar surface area (TPSA) is 63.6 Å². The molecule has 1 unspecified atom stereocenters. The second-order valence-electron chi connectivity index (χ2n) is 13.5. The van der Waals surface area contributed by atoms with Crippen LogP contribution in [0.5, 0.6) is 5.75 Å². The number of aliphatic hydroxyl groups excluding tert-OH is 1. The molecule has 1 atom stereocenters. The van der Waals surface area contributed by atoms with Crippen LogP contribution in [-0.4, -0.2) is 25.6 Å². The molecule has 0 aromatic heterocycles. The van der Waals surface area contributed by atoms with Crippen LogP contribution in [0.15, 0.2) is 53.4 Å². The van der Waals surface area contributed by atoms with E-state index in [4.69, 9.17) is 4.74 Å². The number of hydrogen-bond acceptors (Lipinski definition) is 4. The average Bonchev–Trinajstić information content (AvgIpc) is 3.08. The number of unbranched alkanes of at least 4 members (excludes halogenated alkanes) is 21. The summed E-state index contributed by atoms with van der Waals surface area (Å²) in [6.07, 6.45) is 34.7. The fourth-order valence-corrected chi connectivity index (χ4v) is 7.37. The summed E-state index contributed by atoms with van der Waals surface area (Å²) < 4.78 is 31.2. The summed E-state index contributed by atoms with van der Waals surface area (Å²) in [6.45, 7) is 5.11. The molecule has 0 spiro atoms. The minimum atomic E-state index is -3.72. The normalized spacial score (nSPS) is 12.6. The van der Waals surface area contributed by atoms with Crippen LogP contribution < -0.4 is 4.74 Å². The molecule has 0 saturated heterocycles. The third-order valence-corrected chi connectivity index (χ3v) is 11.1. The molecule has 0 heterocycles. The molecule has 0 amide bonds. The maximum atomic E-state index is 12.6. The Labute approximate surface area is 289 Å². The predicted octanol–water partition coefficient (Wildman–Crippen LogP) is 12.7. The van der Waals surface area contributed by atoms with E-state index in [1.807, 2.05) is 36.4 Å². The van der Waals surface area contributed by atoms with Gasteiger partial charge in [-0.2, -0.15) is 0 Å². The molecular weight excluding hydrogens is 601 g/mol. The number of rotatable bonds is 30. The van der Waals surface area contributed by atoms with Crippen molar-refractivity contribution in [2.75, 3.05) is 6.61 Å². The Balaban J connectivity index is 1.46. The molecule has 0 aliphatic heterocycles. The molecular formula is C42H68O4S. The van der Waals surface area contributed by atoms with Crippen molar-refractivity contribution in [1.29, 1.82) is 0 Å². The van der Waals surface area contributed by atoms with Gasteiger partial charge in [0.05, 0.1) is 11.5 Å². The Bertz CT molecular complexity index is 1140. The lowest BCUT2D eigenvalue weighted by molar-refractivity contribution is 0.234. The molecule has 0 aliphatic rings. The van der Waals surface area contributed by atoms with Crippen molar-refractivity contribution in [1.82, 2.24) is 0 Å². The van der Waals surface area contributed by atoms with E-state index in [1.165, 1.54) is 122 Å². The number of ether oxygens (including phenoxy) is 1. The number of benzene rings is 2. The van der Waals surface area contributed by atoms with Crippen LogP contribution in [0.3, 0.4) is 0 Å². The van der Waals surface area contributed by atoms with Crippen molar-refractivity contribution in [3.05, 3.63) is 59.7 Å². The van der Waals surface area contributed by atoms with Gasteiger partial charge in [-0.25, -0.2) is 8.42 Å². The summed E-state index contributed by atoms with van der Waals surface area (Å²) in [4.78, 5) is 0.167. The lowest BCUT2D eigenvalue weighted by Gasteiger charge is -2.12. The molecule has 0 saturated carbocycles. The highest BCUT2D eigenvalue weighted by atomic mass is 32.2. The van der Waals surface area contributed by atoms with E-state index in [-0.39, 0.29) is 11.3 Å². The van der Waals surface area contributed by atoms with Crippen LogP contribution in [0, 0.1) is 0 Å². The molecule has 2 aromatic rings. The molecule has 2 rings (SSSR count). The lowest BCUT2D eigenvalue weighted by atomic mass is 10.0. The van der Waals surface area contributed by atoms with Gasteiger partial charge in [-0.3, -0.25) is 0 Å². The van der Waals surface area contributed by atoms with E-state index in [9.17, 15) is 13.5 Å². The van der Waals surface area contributed by atoms with E-state index in [1.54, 1.807) is 24.3 Å². The van der Waals surface area contributed by atoms with Crippen molar-refractivity contribution in [2.45, 2.75) is 178 Å². The van der Waals surface area contributed by atoms with Gasteiger partial charge in [0, 0.05) is 0 Å². The van der Waals surface area contributed by atoms with E-state index in [0.29, 0.717) is 6.42 Å². The van der Waals surface area contributed by atoms with Gasteiger partial charge in [0.1, 0.15) is 5.75 Å². The Hall–Kier alpha value is -2.11. The molecule has 0 fully saturated rings. The van der Waals surface area contributed by atoms with Crippen molar-refractivity contribution in [3.63, 3.8) is 0 Å². The van der Waals surface area contributed by atoms with Crippen LogP contribution in [-0.2, 0) is 9.84 Å². The fourth-order valence-electron chi connectivity index (χ4n) is 6.06. The second-order valence-corrected chi connectivity index (χ2v) is 15.6. The number of aliphatic hydroxyl groups is 1. The van der Waals surface area contributed by atoms with E-state index in [2.05, 4.69) is 13.8 Å². The molecule has 0 aliphatic carbocycles. The van der Waals surface area contributed by atoms with Crippen LogP contribution in [0.4, 0.5) is 0 Å². The highest BCUT2D eigenvalue weighted by Crippen LogP contribution is 2.21. The number of hydrogen-bond donors (Lipinski definition) is 1. The van der Waals surface area contributed by atoms with Crippen LogP contribution >= 0.6 is 0 Å². The first-order valence-electron chi connectivity index (χ1n) is 19.4. The maximum absolute atomic E-state index is 12.6. The number of sulfone groups is 1. The Morgan fingerprint density at radius 2 is 0.894 bits per heavy atom. The van der Waals surface area contributed by atoms with Gasteiger partial charge >= 0.3 is 0 Å². The summed E-state index contributed by atoms with van der Waals surface area (Å²) in [6, 6.07) is 14.8. The van der Waals surface area contributed by atoms with Gasteiger partial charge in [-0.1, -0.05) is 185 Å².